The van der Waals surface area contributed by atoms with E-state index in [-0.39, 0.29) is 0 Å². The molecule has 2 heteroatoms. The van der Waals surface area contributed by atoms with E-state index in [1.807, 2.05) is 0 Å². The lowest BCUT2D eigenvalue weighted by molar-refractivity contribution is 1.18. The second kappa shape index (κ2) is 17.2. The number of anilines is 3. The Bertz CT molecular complexity index is 4260. The van der Waals surface area contributed by atoms with Gasteiger partial charge in [0.2, 0.25) is 0 Å². The van der Waals surface area contributed by atoms with Crippen LogP contribution in [0.3, 0.4) is 0 Å². The molecule has 0 fully saturated rings. The van der Waals surface area contributed by atoms with Crippen LogP contribution in [0.5, 0.6) is 0 Å². The summed E-state index contributed by atoms with van der Waals surface area (Å²) in [6.45, 7) is 0. The van der Waals surface area contributed by atoms with Crippen molar-refractivity contribution in [1.82, 2.24) is 4.57 Å². The van der Waals surface area contributed by atoms with E-state index in [0.717, 1.165) is 28.3 Å². The second-order valence-corrected chi connectivity index (χ2v) is 18.9. The SMILES string of the molecule is c1cc(-c2ccc(N(c3ccc(-c4ccc(-c5cccc6ccccc56)cc4)cc3)c3ccc(-c4ccc5c6ccccc6c6ccccc6c5c4)cc3)cc2)cc(-n2c3ccccc3c3ccccc32)c1. The van der Waals surface area contributed by atoms with Crippen LogP contribution in [0.25, 0.3) is 115 Å². The van der Waals surface area contributed by atoms with Gasteiger partial charge in [0.25, 0.3) is 0 Å². The van der Waals surface area contributed by atoms with Crippen molar-refractivity contribution in [3.05, 3.63) is 279 Å². The van der Waals surface area contributed by atoms with Crippen molar-refractivity contribution < 1.29 is 0 Å². The molecule has 0 amide bonds. The number of fused-ring (bicyclic) bond motifs is 10. The van der Waals surface area contributed by atoms with E-state index in [1.54, 1.807) is 0 Å². The Hall–Kier alpha value is -9.50. The first-order chi connectivity index (χ1) is 35.7. The molecule has 0 aliphatic heterocycles. The lowest BCUT2D eigenvalue weighted by Crippen LogP contribution is -2.09. The van der Waals surface area contributed by atoms with Gasteiger partial charge in [-0.2, -0.15) is 0 Å². The van der Waals surface area contributed by atoms with Crippen molar-refractivity contribution >= 4 is 82.0 Å². The van der Waals surface area contributed by atoms with Crippen LogP contribution in [0.15, 0.2) is 279 Å². The number of hydrogen-bond donors (Lipinski definition) is 0. The maximum absolute atomic E-state index is 2.39. The summed E-state index contributed by atoms with van der Waals surface area (Å²) in [6.07, 6.45) is 0. The molecule has 0 unspecified atom stereocenters. The summed E-state index contributed by atoms with van der Waals surface area (Å²) in [7, 11) is 0. The van der Waals surface area contributed by atoms with Gasteiger partial charge in [-0.05, 0) is 154 Å². The van der Waals surface area contributed by atoms with Crippen molar-refractivity contribution in [2.24, 2.45) is 0 Å². The van der Waals surface area contributed by atoms with Crippen LogP contribution < -0.4 is 4.90 Å². The van der Waals surface area contributed by atoms with E-state index < -0.39 is 0 Å². The van der Waals surface area contributed by atoms with Crippen LogP contribution in [0.4, 0.5) is 17.1 Å². The fourth-order valence-electron chi connectivity index (χ4n) is 11.3. The molecule has 2 nitrogen and oxygen atoms in total. The fraction of sp³-hybridized carbons (Fsp3) is 0. The van der Waals surface area contributed by atoms with Crippen LogP contribution in [-0.4, -0.2) is 4.57 Å². The average Bonchev–Trinajstić information content (AvgIpc) is 3.80. The molecule has 0 atom stereocenters. The number of aromatic nitrogens is 1. The van der Waals surface area contributed by atoms with Crippen LogP contribution in [0.1, 0.15) is 0 Å². The molecule has 1 heterocycles. The molecule has 0 N–H and O–H groups in total. The van der Waals surface area contributed by atoms with Crippen molar-refractivity contribution in [3.63, 3.8) is 0 Å². The first-order valence-corrected chi connectivity index (χ1v) is 24.8. The van der Waals surface area contributed by atoms with E-state index in [0.29, 0.717) is 0 Å². The standard InChI is InChI=1S/C70H46N2/c1-2-17-59-51(13-1)14-12-24-60(59)52-29-27-47(28-30-52)48-31-38-55(39-32-48)71(57-42-35-50(36-43-57)54-37-44-65-63-20-4-3-18-61(63)62-19-5-6-21-64(62)68(65)46-54)56-40-33-49(34-41-56)53-15-11-16-58(45-53)72-69-25-9-7-22-66(69)67-23-8-10-26-70(67)72/h1-46H. The zero-order valence-electron chi connectivity index (χ0n) is 39.5. The normalized spacial score (nSPS) is 11.6. The maximum atomic E-state index is 2.39. The number of rotatable bonds is 8. The van der Waals surface area contributed by atoms with Gasteiger partial charge in [-0.3, -0.25) is 0 Å². The van der Waals surface area contributed by atoms with Crippen LogP contribution in [0, 0.1) is 0 Å². The molecular formula is C70H46N2. The third-order valence-electron chi connectivity index (χ3n) is 14.8. The number of nitrogens with zero attached hydrogens (tertiary/aromatic N) is 2. The molecule has 14 rings (SSSR count). The average molecular weight is 915 g/mol. The summed E-state index contributed by atoms with van der Waals surface area (Å²) in [6, 6.07) is 102. The summed E-state index contributed by atoms with van der Waals surface area (Å²) in [5, 5.41) is 12.7. The number of para-hydroxylation sites is 2. The minimum Gasteiger partial charge on any atom is -0.311 e. The largest absolute Gasteiger partial charge is 0.311 e. The molecule has 0 saturated heterocycles. The second-order valence-electron chi connectivity index (χ2n) is 18.9. The van der Waals surface area contributed by atoms with Crippen molar-refractivity contribution in [3.8, 4) is 50.2 Å². The van der Waals surface area contributed by atoms with Gasteiger partial charge in [0.1, 0.15) is 0 Å². The van der Waals surface area contributed by atoms with Gasteiger partial charge in [0.15, 0.2) is 0 Å². The summed E-state index contributed by atoms with van der Waals surface area (Å²) in [5.74, 6) is 0. The first kappa shape index (κ1) is 41.5. The van der Waals surface area contributed by atoms with Crippen LogP contribution in [0.2, 0.25) is 0 Å². The highest BCUT2D eigenvalue weighted by Crippen LogP contribution is 2.41. The predicted octanol–water partition coefficient (Wildman–Crippen LogP) is 19.5. The van der Waals surface area contributed by atoms with Gasteiger partial charge in [0, 0.05) is 33.5 Å². The predicted molar refractivity (Wildman–Crippen MR) is 307 cm³/mol. The van der Waals surface area contributed by atoms with Gasteiger partial charge in [-0.25, -0.2) is 0 Å². The highest BCUT2D eigenvalue weighted by molar-refractivity contribution is 6.25. The number of benzene rings is 13. The molecule has 72 heavy (non-hydrogen) atoms. The highest BCUT2D eigenvalue weighted by Gasteiger charge is 2.17. The number of hydrogen-bond acceptors (Lipinski definition) is 1. The summed E-state index contributed by atoms with van der Waals surface area (Å²) >= 11 is 0. The monoisotopic (exact) mass is 914 g/mol. The minimum atomic E-state index is 1.08. The molecule has 0 aliphatic carbocycles. The summed E-state index contributed by atoms with van der Waals surface area (Å²) < 4.78 is 2.39. The molecular weight excluding hydrogens is 869 g/mol. The molecule has 0 spiro atoms. The summed E-state index contributed by atoms with van der Waals surface area (Å²) in [4.78, 5) is 2.37. The Morgan fingerprint density at radius 3 is 1.15 bits per heavy atom. The highest BCUT2D eigenvalue weighted by atomic mass is 15.1. The Morgan fingerprint density at radius 1 is 0.222 bits per heavy atom. The first-order valence-electron chi connectivity index (χ1n) is 24.8. The smallest absolute Gasteiger partial charge is 0.0541 e. The van der Waals surface area contributed by atoms with Crippen LogP contribution >= 0.6 is 0 Å². The van der Waals surface area contributed by atoms with Gasteiger partial charge in [-0.15, -0.1) is 0 Å². The Kier molecular flexibility index (Phi) is 9.89. The molecule has 13 aromatic carbocycles. The van der Waals surface area contributed by atoms with E-state index in [9.17, 15) is 0 Å². The van der Waals surface area contributed by atoms with Gasteiger partial charge >= 0.3 is 0 Å². The minimum absolute atomic E-state index is 1.08. The van der Waals surface area contributed by atoms with Gasteiger partial charge < -0.3 is 9.47 Å². The molecule has 0 radical (unpaired) electrons. The third kappa shape index (κ3) is 7.03. The molecule has 0 bridgehead atoms. The fourth-order valence-corrected chi connectivity index (χ4v) is 11.3. The van der Waals surface area contributed by atoms with Crippen molar-refractivity contribution in [1.29, 1.82) is 0 Å². The van der Waals surface area contributed by atoms with Gasteiger partial charge in [0.05, 0.1) is 11.0 Å². The van der Waals surface area contributed by atoms with E-state index in [4.69, 9.17) is 0 Å². The zero-order chi connectivity index (χ0) is 47.5. The molecule has 14 aromatic rings. The third-order valence-corrected chi connectivity index (χ3v) is 14.8. The maximum Gasteiger partial charge on any atom is 0.0541 e. The Labute approximate surface area is 418 Å². The zero-order valence-corrected chi connectivity index (χ0v) is 39.5. The Balaban J connectivity index is 0.826. The van der Waals surface area contributed by atoms with Crippen LogP contribution in [-0.2, 0) is 0 Å². The van der Waals surface area contributed by atoms with Crippen molar-refractivity contribution in [2.75, 3.05) is 4.90 Å². The van der Waals surface area contributed by atoms with E-state index in [2.05, 4.69) is 289 Å². The topological polar surface area (TPSA) is 8.17 Å². The summed E-state index contributed by atoms with van der Waals surface area (Å²) in [5.41, 5.74) is 16.4. The molecule has 1 aromatic heterocycles. The molecule has 0 aliphatic rings. The van der Waals surface area contributed by atoms with E-state index in [1.165, 1.54) is 104 Å². The van der Waals surface area contributed by atoms with Crippen molar-refractivity contribution in [2.45, 2.75) is 0 Å². The molecule has 336 valence electrons. The van der Waals surface area contributed by atoms with E-state index >= 15 is 0 Å². The molecule has 0 saturated carbocycles. The quantitative estimate of drug-likeness (QED) is 0.138. The lowest BCUT2D eigenvalue weighted by Gasteiger charge is -2.26. The lowest BCUT2D eigenvalue weighted by atomic mass is 9.92. The Morgan fingerprint density at radius 2 is 0.597 bits per heavy atom. The van der Waals surface area contributed by atoms with Gasteiger partial charge in [-0.1, -0.05) is 212 Å².